The number of nitrogens with one attached hydrogen (secondary N) is 2. The van der Waals surface area contributed by atoms with Gasteiger partial charge in [0.05, 0.1) is 10.3 Å². The van der Waals surface area contributed by atoms with Crippen molar-refractivity contribution in [1.82, 2.24) is 10.6 Å². The van der Waals surface area contributed by atoms with Crippen molar-refractivity contribution in [2.24, 2.45) is 0 Å². The van der Waals surface area contributed by atoms with E-state index in [0.717, 1.165) is 8.66 Å². The Morgan fingerprint density at radius 1 is 1.30 bits per heavy atom. The molecule has 1 aromatic heterocycles. The normalized spacial score (nSPS) is 11.7. The third kappa shape index (κ3) is 6.02. The summed E-state index contributed by atoms with van der Waals surface area (Å²) in [6, 6.07) is 1.80. The summed E-state index contributed by atoms with van der Waals surface area (Å²) in [6.45, 7) is 0.271. The number of halogens is 1. The molecule has 1 aromatic rings. The number of aliphatic carboxylic acids is 2. The van der Waals surface area contributed by atoms with Gasteiger partial charge in [-0.3, -0.25) is 4.79 Å². The average Bonchev–Trinajstić information content (AvgIpc) is 2.77. The van der Waals surface area contributed by atoms with Crippen LogP contribution in [0.2, 0.25) is 0 Å². The maximum Gasteiger partial charge on any atom is 0.326 e. The minimum atomic E-state index is -1.26. The van der Waals surface area contributed by atoms with Crippen molar-refractivity contribution in [3.8, 4) is 0 Å². The van der Waals surface area contributed by atoms with Gasteiger partial charge in [0.1, 0.15) is 6.04 Å². The number of carbonyl (C=O) groups is 3. The molecule has 0 bridgehead atoms. The van der Waals surface area contributed by atoms with E-state index in [2.05, 4.69) is 26.6 Å². The summed E-state index contributed by atoms with van der Waals surface area (Å²) >= 11 is 4.74. The van der Waals surface area contributed by atoms with Gasteiger partial charge in [0, 0.05) is 11.3 Å². The van der Waals surface area contributed by atoms with Gasteiger partial charge in [0.2, 0.25) is 0 Å². The highest BCUT2D eigenvalue weighted by Crippen LogP contribution is 2.21. The first-order valence-corrected chi connectivity index (χ1v) is 7.22. The topological polar surface area (TPSA) is 116 Å². The summed E-state index contributed by atoms with van der Waals surface area (Å²) in [4.78, 5) is 33.7. The van der Waals surface area contributed by atoms with E-state index in [1.165, 1.54) is 11.3 Å². The lowest BCUT2D eigenvalue weighted by molar-refractivity contribution is -0.140. The molecule has 20 heavy (non-hydrogen) atoms. The van der Waals surface area contributed by atoms with Gasteiger partial charge in [-0.2, -0.15) is 0 Å². The highest BCUT2D eigenvalue weighted by Gasteiger charge is 2.20. The van der Waals surface area contributed by atoms with E-state index in [4.69, 9.17) is 10.2 Å². The zero-order valence-electron chi connectivity index (χ0n) is 10.3. The summed E-state index contributed by atoms with van der Waals surface area (Å²) in [7, 11) is 0. The lowest BCUT2D eigenvalue weighted by Gasteiger charge is -2.13. The Morgan fingerprint density at radius 3 is 2.50 bits per heavy atom. The number of amides is 2. The van der Waals surface area contributed by atoms with Crippen LogP contribution in [0.5, 0.6) is 0 Å². The van der Waals surface area contributed by atoms with Crippen LogP contribution in [0.4, 0.5) is 4.79 Å². The standard InChI is InChI=1S/C11H13BrN2O5S/c12-8-3-1-6(20-8)5-13-11(19)14-7(10(17)18)2-4-9(15)16/h1,3,7H,2,4-5H2,(H,15,16)(H,17,18)(H2,13,14,19). The number of thiophene rings is 1. The Balaban J connectivity index is 2.41. The van der Waals surface area contributed by atoms with E-state index in [-0.39, 0.29) is 19.4 Å². The van der Waals surface area contributed by atoms with E-state index < -0.39 is 24.0 Å². The maximum absolute atomic E-state index is 11.5. The Labute approximate surface area is 127 Å². The van der Waals surface area contributed by atoms with Crippen LogP contribution in [0.1, 0.15) is 17.7 Å². The number of rotatable bonds is 7. The zero-order valence-corrected chi connectivity index (χ0v) is 12.7. The summed E-state index contributed by atoms with van der Waals surface area (Å²) in [6.07, 6.45) is -0.488. The predicted octanol–water partition coefficient (Wildman–Crippen LogP) is 1.63. The number of hydrogen-bond acceptors (Lipinski definition) is 4. The average molecular weight is 365 g/mol. The van der Waals surface area contributed by atoms with E-state index in [9.17, 15) is 14.4 Å². The van der Waals surface area contributed by atoms with Gasteiger partial charge in [-0.05, 0) is 34.5 Å². The molecule has 7 nitrogen and oxygen atoms in total. The monoisotopic (exact) mass is 364 g/mol. The molecule has 0 aliphatic carbocycles. The molecule has 4 N–H and O–H groups in total. The van der Waals surface area contributed by atoms with Gasteiger partial charge >= 0.3 is 18.0 Å². The van der Waals surface area contributed by atoms with E-state index >= 15 is 0 Å². The third-order valence-corrected chi connectivity index (χ3v) is 3.93. The summed E-state index contributed by atoms with van der Waals surface area (Å²) in [5.41, 5.74) is 0. The molecule has 0 spiro atoms. The molecule has 2 amide bonds. The van der Waals surface area contributed by atoms with Gasteiger partial charge in [-0.15, -0.1) is 11.3 Å². The van der Waals surface area contributed by atoms with Gasteiger partial charge in [-0.25, -0.2) is 9.59 Å². The summed E-state index contributed by atoms with van der Waals surface area (Å²) in [5, 5.41) is 22.1. The predicted molar refractivity (Wildman–Crippen MR) is 75.7 cm³/mol. The Morgan fingerprint density at radius 2 is 2.00 bits per heavy atom. The lowest BCUT2D eigenvalue weighted by Crippen LogP contribution is -2.45. The number of carboxylic acid groups (broad SMARTS) is 2. The smallest absolute Gasteiger partial charge is 0.326 e. The van der Waals surface area contributed by atoms with Gasteiger partial charge in [0.15, 0.2) is 0 Å². The molecule has 1 rings (SSSR count). The van der Waals surface area contributed by atoms with Gasteiger partial charge in [-0.1, -0.05) is 0 Å². The van der Waals surface area contributed by atoms with Crippen LogP contribution >= 0.6 is 27.3 Å². The molecule has 0 aliphatic rings. The van der Waals surface area contributed by atoms with E-state index in [1.807, 2.05) is 12.1 Å². The van der Waals surface area contributed by atoms with Crippen LogP contribution in [0, 0.1) is 0 Å². The van der Waals surface area contributed by atoms with Gasteiger partial charge < -0.3 is 20.8 Å². The fraction of sp³-hybridized carbons (Fsp3) is 0.364. The second-order valence-electron chi connectivity index (χ2n) is 3.86. The van der Waals surface area contributed by atoms with E-state index in [0.29, 0.717) is 0 Å². The number of carboxylic acids is 2. The first-order chi connectivity index (χ1) is 9.38. The van der Waals surface area contributed by atoms with Gasteiger partial charge in [0.25, 0.3) is 0 Å². The van der Waals surface area contributed by atoms with Crippen molar-refractivity contribution < 1.29 is 24.6 Å². The van der Waals surface area contributed by atoms with Crippen LogP contribution in [-0.4, -0.2) is 34.2 Å². The molecule has 9 heteroatoms. The molecule has 0 saturated carbocycles. The molecule has 1 atom stereocenters. The minimum Gasteiger partial charge on any atom is -0.481 e. The SMILES string of the molecule is O=C(O)CCC(NC(=O)NCc1ccc(Br)s1)C(=O)O. The van der Waals surface area contributed by atoms with Crippen molar-refractivity contribution in [2.45, 2.75) is 25.4 Å². The number of urea groups is 1. The maximum atomic E-state index is 11.5. The fourth-order valence-electron chi connectivity index (χ4n) is 1.35. The second kappa shape index (κ2) is 7.85. The third-order valence-electron chi connectivity index (χ3n) is 2.30. The van der Waals surface area contributed by atoms with Crippen molar-refractivity contribution in [1.29, 1.82) is 0 Å². The molecule has 110 valence electrons. The zero-order chi connectivity index (χ0) is 15.1. The Kier molecular flexibility index (Phi) is 6.46. The molecule has 0 aromatic carbocycles. The minimum absolute atomic E-state index is 0.164. The van der Waals surface area contributed by atoms with Crippen LogP contribution in [0.3, 0.4) is 0 Å². The van der Waals surface area contributed by atoms with Crippen LogP contribution in [0.15, 0.2) is 15.9 Å². The Bertz CT molecular complexity index is 505. The van der Waals surface area contributed by atoms with Crippen molar-refractivity contribution in [3.05, 3.63) is 20.8 Å². The van der Waals surface area contributed by atoms with Crippen molar-refractivity contribution in [3.63, 3.8) is 0 Å². The quantitative estimate of drug-likeness (QED) is 0.586. The highest BCUT2D eigenvalue weighted by molar-refractivity contribution is 9.11. The first kappa shape index (κ1) is 16.4. The van der Waals surface area contributed by atoms with E-state index in [1.54, 1.807) is 0 Å². The number of carbonyl (C=O) groups excluding carboxylic acids is 1. The molecule has 1 heterocycles. The molecule has 0 saturated heterocycles. The molecule has 0 aliphatic heterocycles. The fourth-order valence-corrected chi connectivity index (χ4v) is 2.77. The Hall–Kier alpha value is -1.61. The summed E-state index contributed by atoms with van der Waals surface area (Å²) < 4.78 is 0.930. The highest BCUT2D eigenvalue weighted by atomic mass is 79.9. The number of hydrogen-bond donors (Lipinski definition) is 4. The van der Waals surface area contributed by atoms with Crippen molar-refractivity contribution in [2.75, 3.05) is 0 Å². The van der Waals surface area contributed by atoms with Crippen LogP contribution in [0.25, 0.3) is 0 Å². The molecular formula is C11H13BrN2O5S. The lowest BCUT2D eigenvalue weighted by atomic mass is 10.1. The van der Waals surface area contributed by atoms with Crippen molar-refractivity contribution >= 4 is 45.2 Å². The molecule has 0 radical (unpaired) electrons. The largest absolute Gasteiger partial charge is 0.481 e. The van der Waals surface area contributed by atoms with Crippen LogP contribution < -0.4 is 10.6 Å². The molecule has 1 unspecified atom stereocenters. The molecular weight excluding hydrogens is 352 g/mol. The van der Waals surface area contributed by atoms with Crippen LogP contribution in [-0.2, 0) is 16.1 Å². The molecule has 0 fully saturated rings. The second-order valence-corrected chi connectivity index (χ2v) is 6.40. The first-order valence-electron chi connectivity index (χ1n) is 5.61. The summed E-state index contributed by atoms with van der Waals surface area (Å²) in [5.74, 6) is -2.37.